The van der Waals surface area contributed by atoms with Gasteiger partial charge in [0.25, 0.3) is 0 Å². The molecule has 1 N–H and O–H groups in total. The smallest absolute Gasteiger partial charge is 0.234 e. The van der Waals surface area contributed by atoms with Crippen molar-refractivity contribution in [3.63, 3.8) is 0 Å². The van der Waals surface area contributed by atoms with Crippen molar-refractivity contribution in [2.24, 2.45) is 0 Å². The molecule has 0 atom stereocenters. The summed E-state index contributed by atoms with van der Waals surface area (Å²) in [6, 6.07) is 7.74. The highest BCUT2D eigenvalue weighted by Gasteiger charge is 2.19. The molecule has 138 valence electrons. The van der Waals surface area contributed by atoms with E-state index in [0.29, 0.717) is 19.7 Å². The molecule has 0 radical (unpaired) electrons. The van der Waals surface area contributed by atoms with Gasteiger partial charge in [0.05, 0.1) is 6.54 Å². The van der Waals surface area contributed by atoms with E-state index in [1.165, 1.54) is 0 Å². The van der Waals surface area contributed by atoms with Crippen molar-refractivity contribution < 1.29 is 14.3 Å². The summed E-state index contributed by atoms with van der Waals surface area (Å²) in [4.78, 5) is 27.8. The van der Waals surface area contributed by atoms with Crippen LogP contribution in [0.1, 0.15) is 30.6 Å². The van der Waals surface area contributed by atoms with Gasteiger partial charge in [-0.2, -0.15) is 0 Å². The van der Waals surface area contributed by atoms with E-state index < -0.39 is 0 Å². The Labute approximate surface area is 150 Å². The molecule has 1 heterocycles. The van der Waals surface area contributed by atoms with Gasteiger partial charge in [-0.25, -0.2) is 0 Å². The fraction of sp³-hybridized carbons (Fsp3) is 0.579. The van der Waals surface area contributed by atoms with E-state index in [9.17, 15) is 9.59 Å². The van der Waals surface area contributed by atoms with Crippen molar-refractivity contribution >= 4 is 17.4 Å². The van der Waals surface area contributed by atoms with Crippen LogP contribution in [0.2, 0.25) is 0 Å². The minimum absolute atomic E-state index is 0.0794. The van der Waals surface area contributed by atoms with E-state index in [4.69, 9.17) is 4.74 Å². The number of anilines is 1. The maximum absolute atomic E-state index is 12.0. The Morgan fingerprint density at radius 3 is 2.40 bits per heavy atom. The normalized spacial score (nSPS) is 15.2. The number of carbonyl (C=O) groups excluding carboxylic acids is 2. The average molecular weight is 347 g/mol. The highest BCUT2D eigenvalue weighted by molar-refractivity contribution is 5.94. The van der Waals surface area contributed by atoms with Crippen molar-refractivity contribution in [3.8, 4) is 0 Å². The van der Waals surface area contributed by atoms with Gasteiger partial charge in [0.2, 0.25) is 5.91 Å². The zero-order valence-corrected chi connectivity index (χ0v) is 15.3. The summed E-state index contributed by atoms with van der Waals surface area (Å²) in [5.74, 6) is 0.166. The minimum Gasteiger partial charge on any atom is -0.382 e. The van der Waals surface area contributed by atoms with Gasteiger partial charge in [-0.05, 0) is 44.5 Å². The van der Waals surface area contributed by atoms with Crippen LogP contribution < -0.4 is 10.2 Å². The van der Waals surface area contributed by atoms with Gasteiger partial charge in [0.1, 0.15) is 0 Å². The molecule has 1 aromatic carbocycles. The first-order valence-corrected chi connectivity index (χ1v) is 9.03. The van der Waals surface area contributed by atoms with Crippen molar-refractivity contribution in [1.29, 1.82) is 0 Å². The number of hydrogen-bond acceptors (Lipinski definition) is 5. The molecule has 1 aromatic rings. The van der Waals surface area contributed by atoms with E-state index in [1.807, 2.05) is 31.2 Å². The van der Waals surface area contributed by atoms with Crippen LogP contribution in [0, 0.1) is 0 Å². The molecule has 1 fully saturated rings. The molecule has 25 heavy (non-hydrogen) atoms. The number of nitrogens with one attached hydrogen (secondary N) is 1. The standard InChI is InChI=1S/C19H29N3O3/c1-3-25-14-4-9-20-19(24)15-21-10-12-22(13-11-21)18-7-5-17(6-8-18)16(2)23/h5-8H,3-4,9-15H2,1-2H3,(H,20,24). The molecule has 6 nitrogen and oxygen atoms in total. The molecule has 0 bridgehead atoms. The predicted molar refractivity (Wildman–Crippen MR) is 99.2 cm³/mol. The van der Waals surface area contributed by atoms with Gasteiger partial charge in [0, 0.05) is 57.2 Å². The quantitative estimate of drug-likeness (QED) is 0.542. The fourth-order valence-corrected chi connectivity index (χ4v) is 2.88. The third kappa shape index (κ3) is 6.48. The first kappa shape index (κ1) is 19.4. The number of amides is 1. The van der Waals surface area contributed by atoms with E-state index in [0.717, 1.165) is 50.5 Å². The maximum atomic E-state index is 12.0. The molecule has 1 amide bonds. The van der Waals surface area contributed by atoms with Crippen molar-refractivity contribution in [1.82, 2.24) is 10.2 Å². The summed E-state index contributed by atoms with van der Waals surface area (Å²) in [5, 5.41) is 2.94. The van der Waals surface area contributed by atoms with Gasteiger partial charge in [-0.3, -0.25) is 14.5 Å². The zero-order valence-electron chi connectivity index (χ0n) is 15.3. The third-order valence-electron chi connectivity index (χ3n) is 4.37. The number of nitrogens with zero attached hydrogens (tertiary/aromatic N) is 2. The molecular weight excluding hydrogens is 318 g/mol. The molecule has 2 rings (SSSR count). The average Bonchev–Trinajstić information content (AvgIpc) is 2.62. The monoisotopic (exact) mass is 347 g/mol. The predicted octanol–water partition coefficient (Wildman–Crippen LogP) is 1.55. The summed E-state index contributed by atoms with van der Waals surface area (Å²) >= 11 is 0. The number of carbonyl (C=O) groups is 2. The van der Waals surface area contributed by atoms with Gasteiger partial charge >= 0.3 is 0 Å². The Kier molecular flexibility index (Phi) is 7.88. The topological polar surface area (TPSA) is 61.9 Å². The van der Waals surface area contributed by atoms with E-state index in [1.54, 1.807) is 6.92 Å². The summed E-state index contributed by atoms with van der Waals surface area (Å²) in [7, 11) is 0. The number of hydrogen-bond donors (Lipinski definition) is 1. The van der Waals surface area contributed by atoms with Crippen LogP contribution in [0.4, 0.5) is 5.69 Å². The molecule has 6 heteroatoms. The zero-order chi connectivity index (χ0) is 18.1. The number of Topliss-reactive ketones (excluding diaryl/α,β-unsaturated/α-hetero) is 1. The van der Waals surface area contributed by atoms with Crippen LogP contribution in [0.3, 0.4) is 0 Å². The van der Waals surface area contributed by atoms with Crippen LogP contribution in [0.5, 0.6) is 0 Å². The second kappa shape index (κ2) is 10.2. The van der Waals surface area contributed by atoms with Crippen LogP contribution in [0.25, 0.3) is 0 Å². The van der Waals surface area contributed by atoms with Gasteiger partial charge in [-0.1, -0.05) is 0 Å². The van der Waals surface area contributed by atoms with E-state index >= 15 is 0 Å². The SMILES string of the molecule is CCOCCCNC(=O)CN1CCN(c2ccc(C(C)=O)cc2)CC1. The number of benzene rings is 1. The van der Waals surface area contributed by atoms with Crippen molar-refractivity contribution in [3.05, 3.63) is 29.8 Å². The molecule has 1 aliphatic rings. The first-order chi connectivity index (χ1) is 12.1. The molecular formula is C19H29N3O3. The summed E-state index contributed by atoms with van der Waals surface area (Å²) in [6.07, 6.45) is 0.851. The van der Waals surface area contributed by atoms with Crippen LogP contribution in [-0.2, 0) is 9.53 Å². The third-order valence-corrected chi connectivity index (χ3v) is 4.37. The second-order valence-electron chi connectivity index (χ2n) is 6.27. The summed E-state index contributed by atoms with van der Waals surface area (Å²) < 4.78 is 5.25. The number of ketones is 1. The Hall–Kier alpha value is -1.92. The van der Waals surface area contributed by atoms with Crippen LogP contribution in [-0.4, -0.2) is 69.1 Å². The molecule has 1 saturated heterocycles. The minimum atomic E-state index is 0.0794. The van der Waals surface area contributed by atoms with Crippen LogP contribution >= 0.6 is 0 Å². The Balaban J connectivity index is 1.68. The molecule has 0 saturated carbocycles. The lowest BCUT2D eigenvalue weighted by atomic mass is 10.1. The van der Waals surface area contributed by atoms with Crippen molar-refractivity contribution in [2.45, 2.75) is 20.3 Å². The molecule has 0 aromatic heterocycles. The van der Waals surface area contributed by atoms with E-state index in [-0.39, 0.29) is 11.7 Å². The number of ether oxygens (including phenoxy) is 1. The van der Waals surface area contributed by atoms with Crippen molar-refractivity contribution in [2.75, 3.05) is 57.4 Å². The number of rotatable bonds is 9. The number of piperazine rings is 1. The molecule has 1 aliphatic heterocycles. The fourth-order valence-electron chi connectivity index (χ4n) is 2.88. The Bertz CT molecular complexity index is 552. The Morgan fingerprint density at radius 2 is 1.80 bits per heavy atom. The van der Waals surface area contributed by atoms with Gasteiger partial charge in [0.15, 0.2) is 5.78 Å². The first-order valence-electron chi connectivity index (χ1n) is 9.03. The maximum Gasteiger partial charge on any atom is 0.234 e. The lowest BCUT2D eigenvalue weighted by Crippen LogP contribution is -2.49. The van der Waals surface area contributed by atoms with Crippen LogP contribution in [0.15, 0.2) is 24.3 Å². The van der Waals surface area contributed by atoms with Gasteiger partial charge in [-0.15, -0.1) is 0 Å². The Morgan fingerprint density at radius 1 is 1.12 bits per heavy atom. The summed E-state index contributed by atoms with van der Waals surface area (Å²) in [6.45, 7) is 9.57. The molecule has 0 aliphatic carbocycles. The lowest BCUT2D eigenvalue weighted by Gasteiger charge is -2.35. The molecule has 0 unspecified atom stereocenters. The second-order valence-corrected chi connectivity index (χ2v) is 6.27. The molecule has 0 spiro atoms. The largest absolute Gasteiger partial charge is 0.382 e. The summed E-state index contributed by atoms with van der Waals surface area (Å²) in [5.41, 5.74) is 1.87. The highest BCUT2D eigenvalue weighted by atomic mass is 16.5. The highest BCUT2D eigenvalue weighted by Crippen LogP contribution is 2.17. The lowest BCUT2D eigenvalue weighted by molar-refractivity contribution is -0.122. The van der Waals surface area contributed by atoms with Gasteiger partial charge < -0.3 is 15.0 Å². The van der Waals surface area contributed by atoms with E-state index in [2.05, 4.69) is 15.1 Å².